The van der Waals surface area contributed by atoms with E-state index < -0.39 is 0 Å². The van der Waals surface area contributed by atoms with Crippen LogP contribution in [-0.4, -0.2) is 32.6 Å². The number of nitrogens with zero attached hydrogens (tertiary/aromatic N) is 1. The molecule has 1 heterocycles. The van der Waals surface area contributed by atoms with E-state index in [1.54, 1.807) is 0 Å². The molecule has 3 N–H and O–H groups in total. The number of nitrogens with two attached hydrogens (primary N) is 1. The molecule has 1 atom stereocenters. The van der Waals surface area contributed by atoms with Crippen LogP contribution in [0.2, 0.25) is 0 Å². The lowest BCUT2D eigenvalue weighted by atomic mass is 10.1. The van der Waals surface area contributed by atoms with Gasteiger partial charge in [-0.15, -0.1) is 0 Å². The van der Waals surface area contributed by atoms with Crippen LogP contribution in [0.3, 0.4) is 0 Å². The van der Waals surface area contributed by atoms with Gasteiger partial charge in [0.05, 0.1) is 5.56 Å². The molecule has 1 unspecified atom stereocenters. The normalized spacial score (nSPS) is 19.2. The number of hydrogen-bond donors (Lipinski definition) is 2. The van der Waals surface area contributed by atoms with Crippen molar-refractivity contribution in [2.75, 3.05) is 31.6 Å². The van der Waals surface area contributed by atoms with Crippen LogP contribution in [0.4, 0.5) is 5.69 Å². The SMILES string of the molecule is CNCC1CCN(c2cc(C)ccc2C(N)=O)C1. The van der Waals surface area contributed by atoms with Gasteiger partial charge in [-0.2, -0.15) is 0 Å². The summed E-state index contributed by atoms with van der Waals surface area (Å²) in [5.41, 5.74) is 8.22. The second-order valence-electron chi connectivity index (χ2n) is 5.04. The van der Waals surface area contributed by atoms with Gasteiger partial charge in [0, 0.05) is 18.8 Å². The molecule has 1 aromatic carbocycles. The lowest BCUT2D eigenvalue weighted by molar-refractivity contribution is 0.100. The first-order valence-corrected chi connectivity index (χ1v) is 6.42. The molecule has 1 saturated heterocycles. The number of aryl methyl sites for hydroxylation is 1. The first-order chi connectivity index (χ1) is 8.61. The summed E-state index contributed by atoms with van der Waals surface area (Å²) in [4.78, 5) is 13.8. The van der Waals surface area contributed by atoms with Crippen LogP contribution in [0.15, 0.2) is 18.2 Å². The van der Waals surface area contributed by atoms with Crippen LogP contribution < -0.4 is 16.0 Å². The number of carbonyl (C=O) groups excluding carboxylic acids is 1. The van der Waals surface area contributed by atoms with Gasteiger partial charge in [-0.25, -0.2) is 0 Å². The average Bonchev–Trinajstić information content (AvgIpc) is 2.77. The summed E-state index contributed by atoms with van der Waals surface area (Å²) in [6.45, 7) is 5.05. The van der Waals surface area contributed by atoms with Crippen LogP contribution in [0.25, 0.3) is 0 Å². The molecule has 0 saturated carbocycles. The van der Waals surface area contributed by atoms with Gasteiger partial charge in [0.15, 0.2) is 0 Å². The molecule has 1 aromatic rings. The molecule has 4 heteroatoms. The minimum absolute atomic E-state index is 0.345. The van der Waals surface area contributed by atoms with Crippen LogP contribution >= 0.6 is 0 Å². The van der Waals surface area contributed by atoms with Crippen molar-refractivity contribution >= 4 is 11.6 Å². The van der Waals surface area contributed by atoms with E-state index in [1.807, 2.05) is 26.1 Å². The van der Waals surface area contributed by atoms with E-state index in [1.165, 1.54) is 0 Å². The molecule has 0 aliphatic carbocycles. The van der Waals surface area contributed by atoms with Crippen molar-refractivity contribution in [2.24, 2.45) is 11.7 Å². The van der Waals surface area contributed by atoms with Crippen molar-refractivity contribution < 1.29 is 4.79 Å². The summed E-state index contributed by atoms with van der Waals surface area (Å²) in [5, 5.41) is 3.21. The molecule has 98 valence electrons. The Kier molecular flexibility index (Phi) is 3.87. The molecule has 0 aromatic heterocycles. The fourth-order valence-corrected chi connectivity index (χ4v) is 2.62. The van der Waals surface area contributed by atoms with Gasteiger partial charge in [-0.1, -0.05) is 6.07 Å². The molecule has 1 aliphatic heterocycles. The zero-order valence-electron chi connectivity index (χ0n) is 11.1. The third kappa shape index (κ3) is 2.64. The van der Waals surface area contributed by atoms with Gasteiger partial charge in [0.25, 0.3) is 5.91 Å². The molecular weight excluding hydrogens is 226 g/mol. The number of primary amides is 1. The molecule has 1 amide bonds. The number of benzene rings is 1. The van der Waals surface area contributed by atoms with E-state index in [-0.39, 0.29) is 5.91 Å². The first kappa shape index (κ1) is 12.9. The minimum atomic E-state index is -0.345. The van der Waals surface area contributed by atoms with E-state index in [4.69, 9.17) is 5.73 Å². The number of nitrogens with one attached hydrogen (secondary N) is 1. The van der Waals surface area contributed by atoms with Crippen LogP contribution in [0.1, 0.15) is 22.3 Å². The lowest BCUT2D eigenvalue weighted by Gasteiger charge is -2.21. The van der Waals surface area contributed by atoms with Crippen molar-refractivity contribution in [1.29, 1.82) is 0 Å². The fraction of sp³-hybridized carbons (Fsp3) is 0.500. The quantitative estimate of drug-likeness (QED) is 0.839. The van der Waals surface area contributed by atoms with Crippen LogP contribution in [-0.2, 0) is 0 Å². The molecule has 2 rings (SSSR count). The molecule has 0 radical (unpaired) electrons. The predicted octanol–water partition coefficient (Wildman–Crippen LogP) is 1.14. The standard InChI is InChI=1S/C14H21N3O/c1-10-3-4-12(14(15)18)13(7-10)17-6-5-11(9-17)8-16-2/h3-4,7,11,16H,5-6,8-9H2,1-2H3,(H2,15,18). The summed E-state index contributed by atoms with van der Waals surface area (Å²) in [7, 11) is 1.98. The van der Waals surface area contributed by atoms with Crippen molar-refractivity contribution in [1.82, 2.24) is 5.32 Å². The highest BCUT2D eigenvalue weighted by atomic mass is 16.1. The van der Waals surface area contributed by atoms with E-state index in [9.17, 15) is 4.79 Å². The van der Waals surface area contributed by atoms with Crippen LogP contribution in [0, 0.1) is 12.8 Å². The third-order valence-electron chi connectivity index (χ3n) is 3.54. The maximum Gasteiger partial charge on any atom is 0.250 e. The average molecular weight is 247 g/mol. The van der Waals surface area contributed by atoms with Crippen LogP contribution in [0.5, 0.6) is 0 Å². The maximum atomic E-state index is 11.5. The zero-order valence-corrected chi connectivity index (χ0v) is 11.1. The molecule has 4 nitrogen and oxygen atoms in total. The van der Waals surface area contributed by atoms with Crippen molar-refractivity contribution in [2.45, 2.75) is 13.3 Å². The monoisotopic (exact) mass is 247 g/mol. The Balaban J connectivity index is 2.23. The second kappa shape index (κ2) is 5.40. The number of hydrogen-bond acceptors (Lipinski definition) is 3. The topological polar surface area (TPSA) is 58.4 Å². The summed E-state index contributed by atoms with van der Waals surface area (Å²) in [6, 6.07) is 5.82. The highest BCUT2D eigenvalue weighted by Crippen LogP contribution is 2.27. The van der Waals surface area contributed by atoms with Crippen molar-refractivity contribution in [3.63, 3.8) is 0 Å². The molecule has 0 spiro atoms. The van der Waals surface area contributed by atoms with Gasteiger partial charge in [-0.05, 0) is 50.6 Å². The summed E-state index contributed by atoms with van der Waals surface area (Å²) in [5.74, 6) is 0.304. The predicted molar refractivity (Wildman–Crippen MR) is 73.9 cm³/mol. The highest BCUT2D eigenvalue weighted by Gasteiger charge is 2.24. The van der Waals surface area contributed by atoms with Gasteiger partial charge in [0.2, 0.25) is 0 Å². The second-order valence-corrected chi connectivity index (χ2v) is 5.04. The fourth-order valence-electron chi connectivity index (χ4n) is 2.62. The van der Waals surface area contributed by atoms with E-state index in [0.29, 0.717) is 11.5 Å². The first-order valence-electron chi connectivity index (χ1n) is 6.42. The van der Waals surface area contributed by atoms with Gasteiger partial charge >= 0.3 is 0 Å². The Bertz CT molecular complexity index is 445. The number of carbonyl (C=O) groups is 1. The van der Waals surface area contributed by atoms with E-state index in [2.05, 4.69) is 16.3 Å². The number of anilines is 1. The van der Waals surface area contributed by atoms with Gasteiger partial charge < -0.3 is 16.0 Å². The third-order valence-corrected chi connectivity index (χ3v) is 3.54. The molecule has 0 bridgehead atoms. The Morgan fingerprint density at radius 2 is 2.33 bits per heavy atom. The summed E-state index contributed by atoms with van der Waals surface area (Å²) < 4.78 is 0. The Morgan fingerprint density at radius 3 is 3.00 bits per heavy atom. The maximum absolute atomic E-state index is 11.5. The Labute approximate surface area is 108 Å². The lowest BCUT2D eigenvalue weighted by Crippen LogP contribution is -2.26. The van der Waals surface area contributed by atoms with E-state index >= 15 is 0 Å². The number of rotatable bonds is 4. The van der Waals surface area contributed by atoms with Gasteiger partial charge in [0.1, 0.15) is 0 Å². The van der Waals surface area contributed by atoms with Crippen molar-refractivity contribution in [3.05, 3.63) is 29.3 Å². The molecule has 1 aliphatic rings. The molecule has 18 heavy (non-hydrogen) atoms. The molecule has 1 fully saturated rings. The highest BCUT2D eigenvalue weighted by molar-refractivity contribution is 5.98. The van der Waals surface area contributed by atoms with E-state index in [0.717, 1.165) is 37.3 Å². The molecular formula is C14H21N3O. The number of amides is 1. The Hall–Kier alpha value is -1.55. The smallest absolute Gasteiger partial charge is 0.250 e. The minimum Gasteiger partial charge on any atom is -0.371 e. The largest absolute Gasteiger partial charge is 0.371 e. The summed E-state index contributed by atoms with van der Waals surface area (Å²) >= 11 is 0. The van der Waals surface area contributed by atoms with Gasteiger partial charge in [-0.3, -0.25) is 4.79 Å². The Morgan fingerprint density at radius 1 is 1.56 bits per heavy atom. The zero-order chi connectivity index (χ0) is 13.1. The summed E-state index contributed by atoms with van der Waals surface area (Å²) in [6.07, 6.45) is 1.16. The van der Waals surface area contributed by atoms with Crippen molar-refractivity contribution in [3.8, 4) is 0 Å².